The first-order chi connectivity index (χ1) is 8.06. The first-order valence-electron chi connectivity index (χ1n) is 5.54. The Morgan fingerprint density at radius 1 is 1.59 bits per heavy atom. The number of aromatic carboxylic acids is 1. The van der Waals surface area contributed by atoms with Crippen molar-refractivity contribution in [1.29, 1.82) is 0 Å². The molecule has 5 heteroatoms. The average Bonchev–Trinajstić information content (AvgIpc) is 2.67. The summed E-state index contributed by atoms with van der Waals surface area (Å²) < 4.78 is 5.75. The van der Waals surface area contributed by atoms with Crippen molar-refractivity contribution in [1.82, 2.24) is 4.90 Å². The molecule has 0 spiro atoms. The number of nitrogen functional groups attached to an aromatic ring is 1. The largest absolute Gasteiger partial charge is 0.487 e. The Morgan fingerprint density at radius 2 is 2.35 bits per heavy atom. The maximum Gasteiger partial charge on any atom is 0.335 e. The summed E-state index contributed by atoms with van der Waals surface area (Å²) >= 11 is 0. The standard InChI is InChI=1S/C12H16N2O3/c1-14-5-4-9(7-14)17-11-3-2-8(12(15)16)6-10(11)13/h2-3,6,9H,4-5,7,13H2,1H3,(H,15,16). The molecule has 1 aliphatic heterocycles. The van der Waals surface area contributed by atoms with E-state index in [0.29, 0.717) is 11.4 Å². The minimum absolute atomic E-state index is 0.137. The maximum absolute atomic E-state index is 10.7. The number of nitrogens with zero attached hydrogens (tertiary/aromatic N) is 1. The highest BCUT2D eigenvalue weighted by Crippen LogP contribution is 2.25. The Labute approximate surface area is 99.8 Å². The zero-order valence-corrected chi connectivity index (χ0v) is 9.72. The van der Waals surface area contributed by atoms with Crippen molar-refractivity contribution < 1.29 is 14.6 Å². The molecule has 1 heterocycles. The van der Waals surface area contributed by atoms with E-state index in [-0.39, 0.29) is 11.7 Å². The molecule has 1 aromatic carbocycles. The van der Waals surface area contributed by atoms with Crippen LogP contribution in [0.2, 0.25) is 0 Å². The van der Waals surface area contributed by atoms with Crippen LogP contribution >= 0.6 is 0 Å². The van der Waals surface area contributed by atoms with Crippen molar-refractivity contribution in [3.63, 3.8) is 0 Å². The number of likely N-dealkylation sites (N-methyl/N-ethyl adjacent to an activating group) is 1. The van der Waals surface area contributed by atoms with E-state index in [1.165, 1.54) is 12.1 Å². The molecule has 0 saturated carbocycles. The van der Waals surface area contributed by atoms with Crippen molar-refractivity contribution in [3.8, 4) is 5.75 Å². The highest BCUT2D eigenvalue weighted by molar-refractivity contribution is 5.89. The van der Waals surface area contributed by atoms with E-state index in [1.54, 1.807) is 6.07 Å². The molecule has 1 aromatic rings. The lowest BCUT2D eigenvalue weighted by Crippen LogP contribution is -2.21. The number of hydrogen-bond acceptors (Lipinski definition) is 4. The summed E-state index contributed by atoms with van der Waals surface area (Å²) in [6.07, 6.45) is 1.11. The summed E-state index contributed by atoms with van der Waals surface area (Å²) in [4.78, 5) is 12.9. The number of carboxylic acids is 1. The van der Waals surface area contributed by atoms with Crippen molar-refractivity contribution in [2.75, 3.05) is 25.9 Å². The van der Waals surface area contributed by atoms with Crippen LogP contribution in [0.3, 0.4) is 0 Å². The highest BCUT2D eigenvalue weighted by atomic mass is 16.5. The predicted molar refractivity (Wildman–Crippen MR) is 64.3 cm³/mol. The number of nitrogens with two attached hydrogens (primary N) is 1. The molecule has 0 aliphatic carbocycles. The van der Waals surface area contributed by atoms with E-state index in [4.69, 9.17) is 15.6 Å². The van der Waals surface area contributed by atoms with Gasteiger partial charge >= 0.3 is 5.97 Å². The Kier molecular flexibility index (Phi) is 3.19. The summed E-state index contributed by atoms with van der Waals surface area (Å²) in [5.41, 5.74) is 6.32. The number of hydrogen-bond donors (Lipinski definition) is 2. The molecule has 5 nitrogen and oxygen atoms in total. The quantitative estimate of drug-likeness (QED) is 0.767. The summed E-state index contributed by atoms with van der Waals surface area (Å²) in [7, 11) is 2.04. The van der Waals surface area contributed by atoms with Crippen molar-refractivity contribution >= 4 is 11.7 Å². The lowest BCUT2D eigenvalue weighted by atomic mass is 10.2. The molecule has 0 amide bonds. The molecule has 1 aliphatic rings. The molecule has 1 fully saturated rings. The average molecular weight is 236 g/mol. The lowest BCUT2D eigenvalue weighted by molar-refractivity contribution is 0.0697. The molecule has 1 atom stereocenters. The molecule has 0 bridgehead atoms. The molecule has 1 saturated heterocycles. The van der Waals surface area contributed by atoms with Crippen LogP contribution in [-0.4, -0.2) is 42.2 Å². The van der Waals surface area contributed by atoms with E-state index in [1.807, 2.05) is 7.05 Å². The van der Waals surface area contributed by atoms with Crippen LogP contribution in [0.15, 0.2) is 18.2 Å². The number of anilines is 1. The zero-order chi connectivity index (χ0) is 12.4. The molecule has 3 N–H and O–H groups in total. The number of benzene rings is 1. The van der Waals surface area contributed by atoms with Gasteiger partial charge in [0, 0.05) is 13.1 Å². The van der Waals surface area contributed by atoms with Gasteiger partial charge in [0.05, 0.1) is 11.3 Å². The summed E-state index contributed by atoms with van der Waals surface area (Å²) in [6, 6.07) is 4.56. The van der Waals surface area contributed by atoms with Gasteiger partial charge in [-0.05, 0) is 31.7 Å². The molecule has 2 rings (SSSR count). The predicted octanol–water partition coefficient (Wildman–Crippen LogP) is 1.05. The zero-order valence-electron chi connectivity index (χ0n) is 9.72. The fraction of sp³-hybridized carbons (Fsp3) is 0.417. The van der Waals surface area contributed by atoms with Crippen LogP contribution in [0.1, 0.15) is 16.8 Å². The van der Waals surface area contributed by atoms with Gasteiger partial charge < -0.3 is 20.5 Å². The van der Waals surface area contributed by atoms with Gasteiger partial charge in [0.15, 0.2) is 0 Å². The number of carbonyl (C=O) groups is 1. The third-order valence-corrected chi connectivity index (χ3v) is 2.90. The fourth-order valence-electron chi connectivity index (χ4n) is 1.96. The first kappa shape index (κ1) is 11.7. The van der Waals surface area contributed by atoms with E-state index in [9.17, 15) is 4.79 Å². The van der Waals surface area contributed by atoms with Crippen LogP contribution in [-0.2, 0) is 0 Å². The van der Waals surface area contributed by atoms with E-state index >= 15 is 0 Å². The van der Waals surface area contributed by atoms with Crippen molar-refractivity contribution in [2.24, 2.45) is 0 Å². The fourth-order valence-corrected chi connectivity index (χ4v) is 1.96. The number of ether oxygens (including phenoxy) is 1. The third kappa shape index (κ3) is 2.68. The monoisotopic (exact) mass is 236 g/mol. The molecule has 1 unspecified atom stereocenters. The number of carboxylic acid groups (broad SMARTS) is 1. The summed E-state index contributed by atoms with van der Waals surface area (Å²) in [6.45, 7) is 1.89. The van der Waals surface area contributed by atoms with Gasteiger partial charge in [0.1, 0.15) is 11.9 Å². The Bertz CT molecular complexity index is 434. The Balaban J connectivity index is 2.09. The highest BCUT2D eigenvalue weighted by Gasteiger charge is 2.21. The van der Waals surface area contributed by atoms with Crippen molar-refractivity contribution in [2.45, 2.75) is 12.5 Å². The van der Waals surface area contributed by atoms with Gasteiger partial charge in [-0.2, -0.15) is 0 Å². The van der Waals surface area contributed by atoms with E-state index in [2.05, 4.69) is 4.90 Å². The van der Waals surface area contributed by atoms with Gasteiger partial charge in [-0.3, -0.25) is 0 Å². The molecule has 0 aromatic heterocycles. The Morgan fingerprint density at radius 3 is 2.88 bits per heavy atom. The minimum Gasteiger partial charge on any atom is -0.487 e. The number of likely N-dealkylation sites (tertiary alicyclic amines) is 1. The van der Waals surface area contributed by atoms with E-state index in [0.717, 1.165) is 19.5 Å². The summed E-state index contributed by atoms with van der Waals surface area (Å²) in [5, 5.41) is 8.82. The summed E-state index contributed by atoms with van der Waals surface area (Å²) in [5.74, 6) is -0.417. The van der Waals surface area contributed by atoms with Crippen LogP contribution < -0.4 is 10.5 Å². The molecular formula is C12H16N2O3. The second-order valence-corrected chi connectivity index (χ2v) is 4.35. The third-order valence-electron chi connectivity index (χ3n) is 2.90. The van der Waals surface area contributed by atoms with Crippen LogP contribution in [0.4, 0.5) is 5.69 Å². The molecule has 0 radical (unpaired) electrons. The molecule has 17 heavy (non-hydrogen) atoms. The lowest BCUT2D eigenvalue weighted by Gasteiger charge is -2.15. The number of rotatable bonds is 3. The van der Waals surface area contributed by atoms with Gasteiger partial charge in [0.25, 0.3) is 0 Å². The van der Waals surface area contributed by atoms with Gasteiger partial charge in [-0.1, -0.05) is 0 Å². The SMILES string of the molecule is CN1CCC(Oc2ccc(C(=O)O)cc2N)C1. The molecular weight excluding hydrogens is 220 g/mol. The van der Waals surface area contributed by atoms with Gasteiger partial charge in [-0.25, -0.2) is 4.79 Å². The van der Waals surface area contributed by atoms with E-state index < -0.39 is 5.97 Å². The topological polar surface area (TPSA) is 75.8 Å². The second kappa shape index (κ2) is 4.63. The smallest absolute Gasteiger partial charge is 0.335 e. The molecule has 92 valence electrons. The van der Waals surface area contributed by atoms with Crippen LogP contribution in [0, 0.1) is 0 Å². The van der Waals surface area contributed by atoms with Gasteiger partial charge in [-0.15, -0.1) is 0 Å². The first-order valence-corrected chi connectivity index (χ1v) is 5.54. The maximum atomic E-state index is 10.7. The normalized spacial score (nSPS) is 20.4. The van der Waals surface area contributed by atoms with Gasteiger partial charge in [0.2, 0.25) is 0 Å². The van der Waals surface area contributed by atoms with Crippen LogP contribution in [0.5, 0.6) is 5.75 Å². The second-order valence-electron chi connectivity index (χ2n) is 4.35. The van der Waals surface area contributed by atoms with Crippen LogP contribution in [0.25, 0.3) is 0 Å². The van der Waals surface area contributed by atoms with Crippen molar-refractivity contribution in [3.05, 3.63) is 23.8 Å². The Hall–Kier alpha value is -1.75. The minimum atomic E-state index is -0.983.